The smallest absolute Gasteiger partial charge is 0.0634 e. The van der Waals surface area contributed by atoms with Crippen molar-refractivity contribution in [1.29, 1.82) is 0 Å². The minimum Gasteiger partial charge on any atom is -0.379 e. The molecule has 16 heavy (non-hydrogen) atoms. The van der Waals surface area contributed by atoms with Crippen LogP contribution in [0.4, 0.5) is 0 Å². The van der Waals surface area contributed by atoms with Crippen molar-refractivity contribution in [1.82, 2.24) is 10.2 Å². The molecule has 0 aromatic rings. The van der Waals surface area contributed by atoms with Crippen molar-refractivity contribution >= 4 is 0 Å². The summed E-state index contributed by atoms with van der Waals surface area (Å²) < 4.78 is 5.47. The highest BCUT2D eigenvalue weighted by molar-refractivity contribution is 4.85. The van der Waals surface area contributed by atoms with Crippen LogP contribution >= 0.6 is 0 Å². The molecule has 0 saturated carbocycles. The fraction of sp³-hybridized carbons (Fsp3) is 1.00. The summed E-state index contributed by atoms with van der Waals surface area (Å²) in [7, 11) is 1.80. The van der Waals surface area contributed by atoms with Crippen LogP contribution in [0.2, 0.25) is 0 Å². The van der Waals surface area contributed by atoms with E-state index in [9.17, 15) is 0 Å². The van der Waals surface area contributed by atoms with Crippen molar-refractivity contribution in [3.63, 3.8) is 0 Å². The minimum atomic E-state index is 0.00384. The highest BCUT2D eigenvalue weighted by Gasteiger charge is 2.25. The van der Waals surface area contributed by atoms with Gasteiger partial charge in [0.15, 0.2) is 0 Å². The average Bonchev–Trinajstić information content (AvgIpc) is 2.36. The van der Waals surface area contributed by atoms with Gasteiger partial charge in [-0.25, -0.2) is 0 Å². The highest BCUT2D eigenvalue weighted by atomic mass is 16.5. The second kappa shape index (κ2) is 5.48. The van der Waals surface area contributed by atoms with Gasteiger partial charge in [0, 0.05) is 25.7 Å². The molecule has 0 aliphatic carbocycles. The summed E-state index contributed by atoms with van der Waals surface area (Å²) >= 11 is 0. The molecule has 3 nitrogen and oxygen atoms in total. The van der Waals surface area contributed by atoms with E-state index in [1.165, 1.54) is 13.0 Å². The Morgan fingerprint density at radius 1 is 1.38 bits per heavy atom. The van der Waals surface area contributed by atoms with Crippen molar-refractivity contribution in [2.75, 3.05) is 33.3 Å². The molecule has 0 atom stereocenters. The van der Waals surface area contributed by atoms with E-state index in [0.717, 1.165) is 26.1 Å². The monoisotopic (exact) mass is 228 g/mol. The lowest BCUT2D eigenvalue weighted by molar-refractivity contribution is 0.00657. The molecule has 1 rings (SSSR count). The predicted molar refractivity (Wildman–Crippen MR) is 68.8 cm³/mol. The predicted octanol–water partition coefficient (Wildman–Crippen LogP) is 1.88. The van der Waals surface area contributed by atoms with Gasteiger partial charge in [0.05, 0.1) is 5.60 Å². The van der Waals surface area contributed by atoms with Crippen molar-refractivity contribution in [3.05, 3.63) is 0 Å². The Labute approximate surface area is 101 Å². The van der Waals surface area contributed by atoms with E-state index >= 15 is 0 Å². The Balaban J connectivity index is 2.41. The molecule has 1 heterocycles. The molecule has 1 aliphatic heterocycles. The Morgan fingerprint density at radius 3 is 2.69 bits per heavy atom. The first-order valence-electron chi connectivity index (χ1n) is 6.37. The normalized spacial score (nSPS) is 23.1. The second-order valence-corrected chi connectivity index (χ2v) is 6.15. The molecule has 0 bridgehead atoms. The SMILES string of the molecule is COC(C)(C)CCN1CCCNC(C)(C)C1. The number of methoxy groups -OCH3 is 1. The standard InChI is InChI=1S/C13H28N2O/c1-12(2)11-15(9-6-8-14-12)10-7-13(3,4)16-5/h14H,6-11H2,1-5H3. The Morgan fingerprint density at radius 2 is 2.06 bits per heavy atom. The van der Waals surface area contributed by atoms with E-state index in [1.807, 2.05) is 0 Å². The quantitative estimate of drug-likeness (QED) is 0.795. The van der Waals surface area contributed by atoms with E-state index in [2.05, 4.69) is 37.9 Å². The van der Waals surface area contributed by atoms with Crippen LogP contribution in [0, 0.1) is 0 Å². The molecular formula is C13H28N2O. The van der Waals surface area contributed by atoms with Crippen LogP contribution in [0.15, 0.2) is 0 Å². The van der Waals surface area contributed by atoms with Gasteiger partial charge in [0.1, 0.15) is 0 Å². The van der Waals surface area contributed by atoms with Crippen molar-refractivity contribution in [2.24, 2.45) is 0 Å². The lowest BCUT2D eigenvalue weighted by atomic mass is 10.0. The topological polar surface area (TPSA) is 24.5 Å². The number of ether oxygens (including phenoxy) is 1. The fourth-order valence-electron chi connectivity index (χ4n) is 2.14. The molecule has 96 valence electrons. The highest BCUT2D eigenvalue weighted by Crippen LogP contribution is 2.16. The molecule has 0 unspecified atom stereocenters. The molecule has 0 aromatic heterocycles. The first-order valence-corrected chi connectivity index (χ1v) is 6.37. The van der Waals surface area contributed by atoms with E-state index in [-0.39, 0.29) is 11.1 Å². The van der Waals surface area contributed by atoms with Crippen LogP contribution in [0.1, 0.15) is 40.5 Å². The molecule has 0 spiro atoms. The Bertz CT molecular complexity index is 214. The summed E-state index contributed by atoms with van der Waals surface area (Å²) in [5.74, 6) is 0. The maximum Gasteiger partial charge on any atom is 0.0634 e. The van der Waals surface area contributed by atoms with Gasteiger partial charge in [-0.3, -0.25) is 0 Å². The minimum absolute atomic E-state index is 0.00384. The number of nitrogens with one attached hydrogen (secondary N) is 1. The van der Waals surface area contributed by atoms with Gasteiger partial charge < -0.3 is 15.0 Å². The van der Waals surface area contributed by atoms with Gasteiger partial charge in [0.2, 0.25) is 0 Å². The number of hydrogen-bond donors (Lipinski definition) is 1. The maximum atomic E-state index is 5.47. The molecule has 0 aromatic carbocycles. The third kappa shape index (κ3) is 4.81. The van der Waals surface area contributed by atoms with Crippen LogP contribution < -0.4 is 5.32 Å². The van der Waals surface area contributed by atoms with Gasteiger partial charge in [-0.1, -0.05) is 0 Å². The summed E-state index contributed by atoms with van der Waals surface area (Å²) in [6, 6.07) is 0. The zero-order chi connectivity index (χ0) is 12.2. The van der Waals surface area contributed by atoms with Gasteiger partial charge in [-0.05, 0) is 53.6 Å². The summed E-state index contributed by atoms with van der Waals surface area (Å²) in [6.07, 6.45) is 2.34. The third-order valence-corrected chi connectivity index (χ3v) is 3.46. The van der Waals surface area contributed by atoms with Gasteiger partial charge in [0.25, 0.3) is 0 Å². The summed E-state index contributed by atoms with van der Waals surface area (Å²) in [4.78, 5) is 2.56. The lowest BCUT2D eigenvalue weighted by Crippen LogP contribution is -2.47. The molecule has 0 radical (unpaired) electrons. The van der Waals surface area contributed by atoms with E-state index < -0.39 is 0 Å². The Kier molecular flexibility index (Phi) is 4.77. The van der Waals surface area contributed by atoms with Crippen molar-refractivity contribution in [2.45, 2.75) is 51.7 Å². The fourth-order valence-corrected chi connectivity index (χ4v) is 2.14. The first-order chi connectivity index (χ1) is 7.35. The molecule has 1 aliphatic rings. The van der Waals surface area contributed by atoms with Gasteiger partial charge >= 0.3 is 0 Å². The maximum absolute atomic E-state index is 5.47. The zero-order valence-electron chi connectivity index (χ0n) is 11.6. The van der Waals surface area contributed by atoms with Gasteiger partial charge in [-0.15, -0.1) is 0 Å². The van der Waals surface area contributed by atoms with Crippen LogP contribution in [-0.2, 0) is 4.74 Å². The third-order valence-electron chi connectivity index (χ3n) is 3.46. The average molecular weight is 228 g/mol. The molecule has 1 saturated heterocycles. The molecular weight excluding hydrogens is 200 g/mol. The zero-order valence-corrected chi connectivity index (χ0v) is 11.6. The van der Waals surface area contributed by atoms with Crippen molar-refractivity contribution in [3.8, 4) is 0 Å². The van der Waals surface area contributed by atoms with Crippen LogP contribution in [0.25, 0.3) is 0 Å². The van der Waals surface area contributed by atoms with E-state index in [0.29, 0.717) is 0 Å². The molecule has 3 heteroatoms. The molecule has 1 N–H and O–H groups in total. The summed E-state index contributed by atoms with van der Waals surface area (Å²) in [6.45, 7) is 13.5. The largest absolute Gasteiger partial charge is 0.379 e. The lowest BCUT2D eigenvalue weighted by Gasteiger charge is -2.32. The number of hydrogen-bond acceptors (Lipinski definition) is 3. The van der Waals surface area contributed by atoms with Gasteiger partial charge in [-0.2, -0.15) is 0 Å². The number of rotatable bonds is 4. The van der Waals surface area contributed by atoms with E-state index in [4.69, 9.17) is 4.74 Å². The van der Waals surface area contributed by atoms with Crippen LogP contribution in [-0.4, -0.2) is 49.3 Å². The summed E-state index contributed by atoms with van der Waals surface area (Å²) in [5, 5.41) is 3.59. The Hall–Kier alpha value is -0.120. The second-order valence-electron chi connectivity index (χ2n) is 6.15. The first kappa shape index (κ1) is 13.9. The molecule has 1 fully saturated rings. The molecule has 0 amide bonds. The van der Waals surface area contributed by atoms with Crippen LogP contribution in [0.5, 0.6) is 0 Å². The van der Waals surface area contributed by atoms with Crippen LogP contribution in [0.3, 0.4) is 0 Å². The van der Waals surface area contributed by atoms with Crippen molar-refractivity contribution < 1.29 is 4.74 Å². The number of nitrogens with zero attached hydrogens (tertiary/aromatic N) is 1. The van der Waals surface area contributed by atoms with E-state index in [1.54, 1.807) is 7.11 Å². The summed E-state index contributed by atoms with van der Waals surface area (Å²) in [5.41, 5.74) is 0.248.